The standard InChI is InChI=1S/C14H19FN2OS2.ClH/c1-19-7-5-11(16)14(18)17-12-6-8-20-13-9(12)3-2-4-10(13)15;/h2-4,11-12H,5-8,16H2,1H3,(H,17,18);1H/t11-,12?;/m0./s1. The topological polar surface area (TPSA) is 55.1 Å². The average Bonchev–Trinajstić information content (AvgIpc) is 2.45. The number of fused-ring (bicyclic) bond motifs is 1. The molecule has 1 unspecified atom stereocenters. The van der Waals surface area contributed by atoms with Gasteiger partial charge in [0.05, 0.1) is 12.1 Å². The number of nitrogens with one attached hydrogen (secondary N) is 1. The minimum Gasteiger partial charge on any atom is -0.348 e. The molecule has 1 aromatic rings. The highest BCUT2D eigenvalue weighted by molar-refractivity contribution is 7.99. The van der Waals surface area contributed by atoms with Gasteiger partial charge in [-0.3, -0.25) is 4.79 Å². The molecule has 0 saturated heterocycles. The fraction of sp³-hybridized carbons (Fsp3) is 0.500. The fourth-order valence-electron chi connectivity index (χ4n) is 2.19. The van der Waals surface area contributed by atoms with Gasteiger partial charge in [0.25, 0.3) is 0 Å². The molecule has 7 heteroatoms. The molecule has 0 spiro atoms. The summed E-state index contributed by atoms with van der Waals surface area (Å²) in [6.07, 6.45) is 3.45. The van der Waals surface area contributed by atoms with Gasteiger partial charge in [-0.15, -0.1) is 24.2 Å². The van der Waals surface area contributed by atoms with Crippen LogP contribution < -0.4 is 11.1 Å². The monoisotopic (exact) mass is 350 g/mol. The van der Waals surface area contributed by atoms with E-state index in [4.69, 9.17) is 5.73 Å². The van der Waals surface area contributed by atoms with Gasteiger partial charge in [-0.1, -0.05) is 12.1 Å². The maximum absolute atomic E-state index is 13.7. The molecule has 2 rings (SSSR count). The highest BCUT2D eigenvalue weighted by atomic mass is 35.5. The van der Waals surface area contributed by atoms with Gasteiger partial charge in [-0.2, -0.15) is 11.8 Å². The molecule has 1 aliphatic heterocycles. The van der Waals surface area contributed by atoms with Crippen LogP contribution >= 0.6 is 35.9 Å². The van der Waals surface area contributed by atoms with Crippen molar-refractivity contribution in [3.8, 4) is 0 Å². The van der Waals surface area contributed by atoms with Crippen molar-refractivity contribution < 1.29 is 9.18 Å². The van der Waals surface area contributed by atoms with Crippen molar-refractivity contribution in [3.63, 3.8) is 0 Å². The van der Waals surface area contributed by atoms with Crippen LogP contribution in [-0.2, 0) is 4.79 Å². The van der Waals surface area contributed by atoms with Gasteiger partial charge < -0.3 is 11.1 Å². The zero-order valence-corrected chi connectivity index (χ0v) is 14.3. The second-order valence-corrected chi connectivity index (χ2v) is 6.84. The molecule has 0 saturated carbocycles. The van der Waals surface area contributed by atoms with Crippen LogP contribution in [-0.4, -0.2) is 29.7 Å². The maximum Gasteiger partial charge on any atom is 0.237 e. The summed E-state index contributed by atoms with van der Waals surface area (Å²) in [5.41, 5.74) is 6.73. The predicted octanol–water partition coefficient (Wildman–Crippen LogP) is 2.98. The molecule has 1 amide bonds. The van der Waals surface area contributed by atoms with E-state index in [0.29, 0.717) is 11.3 Å². The van der Waals surface area contributed by atoms with E-state index in [2.05, 4.69) is 5.32 Å². The number of thioether (sulfide) groups is 2. The van der Waals surface area contributed by atoms with Crippen LogP contribution in [0.15, 0.2) is 23.1 Å². The molecule has 21 heavy (non-hydrogen) atoms. The second-order valence-electron chi connectivity index (χ2n) is 4.74. The van der Waals surface area contributed by atoms with E-state index < -0.39 is 6.04 Å². The van der Waals surface area contributed by atoms with E-state index >= 15 is 0 Å². The lowest BCUT2D eigenvalue weighted by Crippen LogP contribution is -2.43. The lowest BCUT2D eigenvalue weighted by atomic mass is 10.0. The summed E-state index contributed by atoms with van der Waals surface area (Å²) in [4.78, 5) is 12.7. The van der Waals surface area contributed by atoms with Gasteiger partial charge >= 0.3 is 0 Å². The Balaban J connectivity index is 0.00000220. The van der Waals surface area contributed by atoms with Crippen molar-refractivity contribution >= 4 is 41.8 Å². The first-order chi connectivity index (χ1) is 9.63. The molecule has 0 bridgehead atoms. The first-order valence-corrected chi connectivity index (χ1v) is 8.97. The molecular weight excluding hydrogens is 331 g/mol. The summed E-state index contributed by atoms with van der Waals surface area (Å²) in [7, 11) is 0. The van der Waals surface area contributed by atoms with E-state index in [-0.39, 0.29) is 30.2 Å². The largest absolute Gasteiger partial charge is 0.348 e. The Labute approximate surface area is 139 Å². The Kier molecular flexibility index (Phi) is 7.87. The highest BCUT2D eigenvalue weighted by Gasteiger charge is 2.25. The summed E-state index contributed by atoms with van der Waals surface area (Å²) in [5.74, 6) is 1.31. The average molecular weight is 351 g/mol. The number of benzene rings is 1. The van der Waals surface area contributed by atoms with Crippen molar-refractivity contribution in [2.45, 2.75) is 29.8 Å². The number of carbonyl (C=O) groups is 1. The third kappa shape index (κ3) is 4.77. The molecule has 0 aromatic heterocycles. The van der Waals surface area contributed by atoms with Crippen molar-refractivity contribution in [3.05, 3.63) is 29.6 Å². The van der Waals surface area contributed by atoms with E-state index in [0.717, 1.165) is 23.5 Å². The van der Waals surface area contributed by atoms with Gasteiger partial charge in [0, 0.05) is 10.6 Å². The number of hydrogen-bond acceptors (Lipinski definition) is 4. The van der Waals surface area contributed by atoms with Crippen LogP contribution in [0.1, 0.15) is 24.4 Å². The van der Waals surface area contributed by atoms with E-state index in [1.54, 1.807) is 17.8 Å². The molecule has 0 fully saturated rings. The SMILES string of the molecule is CSCC[C@H](N)C(=O)NC1CCSc2c(F)cccc21.Cl. The van der Waals surface area contributed by atoms with E-state index in [9.17, 15) is 9.18 Å². The Morgan fingerprint density at radius 3 is 3.10 bits per heavy atom. The van der Waals surface area contributed by atoms with E-state index in [1.165, 1.54) is 17.8 Å². The van der Waals surface area contributed by atoms with Gasteiger partial charge in [-0.25, -0.2) is 4.39 Å². The van der Waals surface area contributed by atoms with Gasteiger partial charge in [0.2, 0.25) is 5.91 Å². The van der Waals surface area contributed by atoms with Crippen molar-refractivity contribution in [1.82, 2.24) is 5.32 Å². The van der Waals surface area contributed by atoms with Crippen LogP contribution in [0.2, 0.25) is 0 Å². The third-order valence-corrected chi connectivity index (χ3v) is 5.12. The minimum absolute atomic E-state index is 0. The number of nitrogens with two attached hydrogens (primary N) is 1. The molecule has 1 aromatic carbocycles. The van der Waals surface area contributed by atoms with Crippen LogP contribution in [0.3, 0.4) is 0 Å². The van der Waals surface area contributed by atoms with Crippen LogP contribution in [0.5, 0.6) is 0 Å². The summed E-state index contributed by atoms with van der Waals surface area (Å²) in [6, 6.07) is 4.40. The van der Waals surface area contributed by atoms with Crippen LogP contribution in [0, 0.1) is 5.82 Å². The van der Waals surface area contributed by atoms with E-state index in [1.807, 2.05) is 12.3 Å². The fourth-order valence-corrected chi connectivity index (χ4v) is 3.82. The number of rotatable bonds is 5. The molecule has 1 aliphatic rings. The van der Waals surface area contributed by atoms with Crippen LogP contribution in [0.25, 0.3) is 0 Å². The Bertz CT molecular complexity index is 490. The van der Waals surface area contributed by atoms with Gasteiger partial charge in [0.1, 0.15) is 5.82 Å². The summed E-state index contributed by atoms with van der Waals surface area (Å²) in [5, 5.41) is 2.96. The second kappa shape index (κ2) is 8.88. The molecular formula is C14H20ClFN2OS2. The van der Waals surface area contributed by atoms with Gasteiger partial charge in [0.15, 0.2) is 0 Å². The first-order valence-electron chi connectivity index (χ1n) is 6.59. The molecule has 2 atom stereocenters. The smallest absolute Gasteiger partial charge is 0.237 e. The lowest BCUT2D eigenvalue weighted by molar-refractivity contribution is -0.123. The third-order valence-electron chi connectivity index (χ3n) is 3.31. The zero-order chi connectivity index (χ0) is 14.5. The molecule has 3 nitrogen and oxygen atoms in total. The van der Waals surface area contributed by atoms with Crippen molar-refractivity contribution in [1.29, 1.82) is 0 Å². The van der Waals surface area contributed by atoms with Crippen molar-refractivity contribution in [2.75, 3.05) is 17.8 Å². The lowest BCUT2D eigenvalue weighted by Gasteiger charge is -2.27. The summed E-state index contributed by atoms with van der Waals surface area (Å²) < 4.78 is 13.7. The molecule has 118 valence electrons. The maximum atomic E-state index is 13.7. The molecule has 0 aliphatic carbocycles. The Morgan fingerprint density at radius 1 is 1.62 bits per heavy atom. The highest BCUT2D eigenvalue weighted by Crippen LogP contribution is 2.37. The quantitative estimate of drug-likeness (QED) is 0.857. The minimum atomic E-state index is -0.492. The Hall–Kier alpha value is -0.430. The number of carbonyl (C=O) groups excluding carboxylic acids is 1. The summed E-state index contributed by atoms with van der Waals surface area (Å²) >= 11 is 3.18. The zero-order valence-electron chi connectivity index (χ0n) is 11.8. The molecule has 1 heterocycles. The molecule has 0 radical (unpaired) electrons. The Morgan fingerprint density at radius 2 is 2.38 bits per heavy atom. The normalized spacial score (nSPS) is 18.3. The first kappa shape index (κ1) is 18.6. The summed E-state index contributed by atoms with van der Waals surface area (Å²) in [6.45, 7) is 0. The molecule has 3 N–H and O–H groups in total. The van der Waals surface area contributed by atoms with Crippen molar-refractivity contribution in [2.24, 2.45) is 5.73 Å². The predicted molar refractivity (Wildman–Crippen MR) is 90.8 cm³/mol. The number of halogens is 2. The van der Waals surface area contributed by atoms with Gasteiger partial charge in [-0.05, 0) is 36.5 Å². The van der Waals surface area contributed by atoms with Crippen LogP contribution in [0.4, 0.5) is 4.39 Å². The number of amides is 1. The number of hydrogen-bond donors (Lipinski definition) is 2.